The van der Waals surface area contributed by atoms with E-state index in [1.807, 2.05) is 0 Å². The van der Waals surface area contributed by atoms with E-state index in [0.717, 1.165) is 13.8 Å². The Kier molecular flexibility index (Phi) is 44.1. The van der Waals surface area contributed by atoms with Gasteiger partial charge in [0.05, 0.1) is 6.42 Å². The van der Waals surface area contributed by atoms with Gasteiger partial charge in [-0.2, -0.15) is 0 Å². The molecule has 1 atom stereocenters. The first-order chi connectivity index (χ1) is 9.24. The summed E-state index contributed by atoms with van der Waals surface area (Å²) in [4.78, 5) is 48.2. The summed E-state index contributed by atoms with van der Waals surface area (Å²) in [5, 5.41) is 51.8. The summed E-state index contributed by atoms with van der Waals surface area (Å²) < 4.78 is 0. The summed E-state index contributed by atoms with van der Waals surface area (Å²) in [7, 11) is 0. The molecule has 130 valence electrons. The molecule has 11 nitrogen and oxygen atoms in total. The van der Waals surface area contributed by atoms with Crippen molar-refractivity contribution in [1.82, 2.24) is 0 Å². The van der Waals surface area contributed by atoms with E-state index >= 15 is 0 Å². The van der Waals surface area contributed by atoms with Gasteiger partial charge in [-0.3, -0.25) is 9.59 Å². The minimum absolute atomic E-state index is 0. The number of rotatable bonds is 5. The Hall–Kier alpha value is 0.600. The van der Waals surface area contributed by atoms with E-state index in [9.17, 15) is 19.5 Å². The van der Waals surface area contributed by atoms with Gasteiger partial charge in [0.15, 0.2) is 5.60 Å². The minimum Gasteiger partial charge on any atom is -1.00 e. The van der Waals surface area contributed by atoms with E-state index < -0.39 is 48.3 Å². The summed E-state index contributed by atoms with van der Waals surface area (Å²) in [6.07, 6.45) is -2.44. The van der Waals surface area contributed by atoms with Crippen LogP contribution in [0.1, 0.15) is 26.7 Å². The zero-order valence-corrected chi connectivity index (χ0v) is 21.2. The standard InChI is InChI=1S/C6H8O7.2C2H4O2.ClH.3Na/c7-3(8)1-6(13,5(11)12)2-4(9)10;2*1-2(3)4;;;;/h13H,1-2H2,(H,7,8)(H,9,10)(H,11,12);2*1H3,(H,3,4);1H;;;/q;;;;3*+1/p-3. The van der Waals surface area contributed by atoms with Crippen molar-refractivity contribution in [2.75, 3.05) is 0 Å². The molecule has 0 saturated heterocycles. The molecule has 0 fully saturated rings. The molecule has 0 amide bonds. The third-order valence-corrected chi connectivity index (χ3v) is 1.28. The molecule has 0 aliphatic carbocycles. The molecule has 0 heterocycles. The van der Waals surface area contributed by atoms with Gasteiger partial charge in [-0.05, 0) is 6.92 Å². The first-order valence-electron chi connectivity index (χ1n) is 4.99. The fourth-order valence-electron chi connectivity index (χ4n) is 0.703. The van der Waals surface area contributed by atoms with E-state index in [2.05, 4.69) is 0 Å². The Morgan fingerprint density at radius 1 is 0.840 bits per heavy atom. The smallest absolute Gasteiger partial charge is 1.00 e. The van der Waals surface area contributed by atoms with E-state index in [1.54, 1.807) is 0 Å². The predicted molar refractivity (Wildman–Crippen MR) is 58.5 cm³/mol. The maximum absolute atomic E-state index is 10.3. The number of aliphatic carboxylic acids is 5. The Morgan fingerprint density at radius 3 is 1.20 bits per heavy atom. The van der Waals surface area contributed by atoms with Crippen LogP contribution in [-0.4, -0.2) is 55.9 Å². The maximum Gasteiger partial charge on any atom is 1.00 e. The van der Waals surface area contributed by atoms with E-state index in [0.29, 0.717) is 0 Å². The molecule has 0 saturated carbocycles. The van der Waals surface area contributed by atoms with Crippen LogP contribution < -0.4 is 111 Å². The Balaban J connectivity index is -0.0000000463. The molecule has 4 N–H and O–H groups in total. The van der Waals surface area contributed by atoms with Crippen LogP contribution in [0, 0.1) is 0 Å². The number of hydrogen-bond acceptors (Lipinski definition) is 8. The monoisotopic (exact) mass is 414 g/mol. The number of carbonyl (C=O) groups is 5. The van der Waals surface area contributed by atoms with E-state index in [-0.39, 0.29) is 101 Å². The van der Waals surface area contributed by atoms with Crippen LogP contribution in [0.2, 0.25) is 0 Å². The van der Waals surface area contributed by atoms with Crippen LogP contribution in [0.25, 0.3) is 0 Å². The van der Waals surface area contributed by atoms with Gasteiger partial charge in [-0.25, -0.2) is 4.79 Å². The van der Waals surface area contributed by atoms with Gasteiger partial charge in [0.2, 0.25) is 0 Å². The number of carboxylic acids is 5. The molecule has 15 heteroatoms. The molecular formula is C10H14ClNa3O11. The van der Waals surface area contributed by atoms with Crippen LogP contribution in [0.4, 0.5) is 0 Å². The Labute approximate surface area is 215 Å². The van der Waals surface area contributed by atoms with Gasteiger partial charge in [-0.1, -0.05) is 0 Å². The summed E-state index contributed by atoms with van der Waals surface area (Å²) in [6, 6.07) is 0. The van der Waals surface area contributed by atoms with E-state index in [4.69, 9.17) is 35.1 Å². The second-order valence-corrected chi connectivity index (χ2v) is 3.47. The zero-order chi connectivity index (χ0) is 17.8. The molecule has 0 aromatic carbocycles. The molecule has 0 aromatic heterocycles. The summed E-state index contributed by atoms with van der Waals surface area (Å²) in [5.74, 6) is -7.25. The van der Waals surface area contributed by atoms with Gasteiger partial charge in [0.25, 0.3) is 5.97 Å². The summed E-state index contributed by atoms with van der Waals surface area (Å²) in [5.41, 5.74) is -2.80. The molecule has 0 rings (SSSR count). The van der Waals surface area contributed by atoms with Crippen molar-refractivity contribution in [1.29, 1.82) is 0 Å². The van der Waals surface area contributed by atoms with Crippen molar-refractivity contribution in [3.8, 4) is 0 Å². The quantitative estimate of drug-likeness (QED) is 0.310. The topological polar surface area (TPSA) is 212 Å². The number of halogens is 1. The van der Waals surface area contributed by atoms with Gasteiger partial charge in [0, 0.05) is 25.3 Å². The molecular weight excluding hydrogens is 401 g/mol. The fraction of sp³-hybridized carbons (Fsp3) is 0.500. The average molecular weight is 415 g/mol. The minimum atomic E-state index is -2.80. The molecule has 1 unspecified atom stereocenters. The zero-order valence-electron chi connectivity index (χ0n) is 14.4. The molecule has 0 radical (unpaired) electrons. The van der Waals surface area contributed by atoms with Crippen LogP contribution in [-0.2, 0) is 24.0 Å². The SMILES string of the molecule is CC(=O)O.CC(=O)[O-].O=C([O-])CC(O)(CC(=O)O)C(=O)O.[Cl-].[Na+].[Na+].[Na+]. The van der Waals surface area contributed by atoms with Gasteiger partial charge >= 0.3 is 101 Å². The third-order valence-electron chi connectivity index (χ3n) is 1.28. The molecule has 0 spiro atoms. The number of carbonyl (C=O) groups excluding carboxylic acids is 2. The second-order valence-electron chi connectivity index (χ2n) is 3.47. The van der Waals surface area contributed by atoms with Crippen LogP contribution >= 0.6 is 0 Å². The van der Waals surface area contributed by atoms with Crippen molar-refractivity contribution >= 4 is 29.8 Å². The Bertz CT molecular complexity index is 381. The van der Waals surface area contributed by atoms with Crippen LogP contribution in [0.5, 0.6) is 0 Å². The van der Waals surface area contributed by atoms with Crippen molar-refractivity contribution in [2.24, 2.45) is 0 Å². The molecule has 0 aromatic rings. The first-order valence-corrected chi connectivity index (χ1v) is 4.99. The second kappa shape index (κ2) is 24.6. The molecule has 0 bridgehead atoms. The van der Waals surface area contributed by atoms with Crippen molar-refractivity contribution in [2.45, 2.75) is 32.3 Å². The summed E-state index contributed by atoms with van der Waals surface area (Å²) in [6.45, 7) is 2.06. The average Bonchev–Trinajstić information content (AvgIpc) is 2.11. The van der Waals surface area contributed by atoms with Crippen molar-refractivity contribution < 1.29 is 156 Å². The van der Waals surface area contributed by atoms with Crippen LogP contribution in [0.15, 0.2) is 0 Å². The van der Waals surface area contributed by atoms with Gasteiger partial charge in [0.1, 0.15) is 0 Å². The fourth-order valence-corrected chi connectivity index (χ4v) is 0.703. The predicted octanol–water partition coefficient (Wildman–Crippen LogP) is -15.7. The number of hydrogen-bond donors (Lipinski definition) is 4. The van der Waals surface area contributed by atoms with Crippen LogP contribution in [0.3, 0.4) is 0 Å². The number of aliphatic hydroxyl groups is 1. The van der Waals surface area contributed by atoms with Gasteiger partial charge in [-0.15, -0.1) is 0 Å². The normalized spacial score (nSPS) is 9.56. The molecule has 0 aliphatic heterocycles. The molecule has 0 aliphatic rings. The first kappa shape index (κ1) is 44.8. The van der Waals surface area contributed by atoms with Crippen molar-refractivity contribution in [3.05, 3.63) is 0 Å². The molecule has 25 heavy (non-hydrogen) atoms. The van der Waals surface area contributed by atoms with E-state index in [1.165, 1.54) is 0 Å². The van der Waals surface area contributed by atoms with Crippen molar-refractivity contribution in [3.63, 3.8) is 0 Å². The summed E-state index contributed by atoms with van der Waals surface area (Å²) >= 11 is 0. The van der Waals surface area contributed by atoms with Gasteiger partial charge < -0.3 is 52.6 Å². The Morgan fingerprint density at radius 2 is 1.08 bits per heavy atom. The maximum atomic E-state index is 10.3. The number of carboxylic acid groups (broad SMARTS) is 5. The largest absolute Gasteiger partial charge is 1.00 e. The third kappa shape index (κ3) is 45.6.